The summed E-state index contributed by atoms with van der Waals surface area (Å²) in [5, 5.41) is 8.87. The van der Waals surface area contributed by atoms with Crippen molar-refractivity contribution in [3.05, 3.63) is 33.5 Å². The van der Waals surface area contributed by atoms with Gasteiger partial charge in [-0.2, -0.15) is 0 Å². The van der Waals surface area contributed by atoms with Gasteiger partial charge < -0.3 is 10.8 Å². The van der Waals surface area contributed by atoms with Gasteiger partial charge in [0.25, 0.3) is 0 Å². The monoisotopic (exact) mass is 207 g/mol. The minimum atomic E-state index is -0.946. The van der Waals surface area contributed by atoms with Crippen molar-refractivity contribution in [1.82, 2.24) is 0 Å². The molecule has 1 aliphatic carbocycles. The van der Waals surface area contributed by atoms with E-state index in [0.717, 1.165) is 10.4 Å². The summed E-state index contributed by atoms with van der Waals surface area (Å²) >= 11 is 1.23. The van der Waals surface area contributed by atoms with Gasteiger partial charge in [0, 0.05) is 4.88 Å². The molecule has 4 heteroatoms. The molecule has 72 valence electrons. The van der Waals surface area contributed by atoms with Crippen LogP contribution in [0.1, 0.15) is 20.1 Å². The number of allylic oxidation sites excluding steroid dienone is 3. The third-order valence-corrected chi connectivity index (χ3v) is 3.29. The van der Waals surface area contributed by atoms with Crippen molar-refractivity contribution in [3.63, 3.8) is 0 Å². The van der Waals surface area contributed by atoms with Crippen LogP contribution in [0.2, 0.25) is 0 Å². The molecule has 0 amide bonds. The molecule has 0 unspecified atom stereocenters. The quantitative estimate of drug-likeness (QED) is 0.741. The van der Waals surface area contributed by atoms with E-state index < -0.39 is 5.97 Å². The highest BCUT2D eigenvalue weighted by Gasteiger charge is 2.18. The maximum Gasteiger partial charge on any atom is 0.348 e. The summed E-state index contributed by atoms with van der Waals surface area (Å²) in [5.74, 6) is -0.946. The third-order valence-electron chi connectivity index (χ3n) is 2.09. The summed E-state index contributed by atoms with van der Waals surface area (Å²) in [5.41, 5.74) is 7.10. The molecule has 3 N–H and O–H groups in total. The van der Waals surface area contributed by atoms with Gasteiger partial charge in [0.2, 0.25) is 0 Å². The predicted octanol–water partition coefficient (Wildman–Crippen LogP) is 2.15. The Bertz CT molecular complexity index is 443. The SMILES string of the molecule is Nc1c(C(=O)O)sc2c1CC=CC=C2. The second-order valence-electron chi connectivity index (χ2n) is 2.98. The molecule has 0 saturated carbocycles. The highest BCUT2D eigenvalue weighted by atomic mass is 32.1. The van der Waals surface area contributed by atoms with Gasteiger partial charge in [-0.1, -0.05) is 18.2 Å². The van der Waals surface area contributed by atoms with Gasteiger partial charge in [-0.3, -0.25) is 0 Å². The topological polar surface area (TPSA) is 63.3 Å². The van der Waals surface area contributed by atoms with Crippen LogP contribution in [0.15, 0.2) is 18.2 Å². The van der Waals surface area contributed by atoms with Crippen LogP contribution in [0.3, 0.4) is 0 Å². The van der Waals surface area contributed by atoms with Crippen LogP contribution >= 0.6 is 11.3 Å². The van der Waals surface area contributed by atoms with E-state index in [0.29, 0.717) is 12.1 Å². The number of thiophene rings is 1. The van der Waals surface area contributed by atoms with E-state index in [1.807, 2.05) is 24.3 Å². The number of carbonyl (C=O) groups is 1. The van der Waals surface area contributed by atoms with E-state index in [2.05, 4.69) is 0 Å². The Hall–Kier alpha value is -1.55. The molecule has 0 spiro atoms. The Morgan fingerprint density at radius 1 is 1.50 bits per heavy atom. The number of carboxylic acid groups (broad SMARTS) is 1. The van der Waals surface area contributed by atoms with Gasteiger partial charge in [0.05, 0.1) is 5.69 Å². The molecule has 0 atom stereocenters. The van der Waals surface area contributed by atoms with Gasteiger partial charge in [0.1, 0.15) is 4.88 Å². The number of anilines is 1. The van der Waals surface area contributed by atoms with Crippen LogP contribution < -0.4 is 5.73 Å². The lowest BCUT2D eigenvalue weighted by atomic mass is 10.1. The van der Waals surface area contributed by atoms with E-state index >= 15 is 0 Å². The van der Waals surface area contributed by atoms with Gasteiger partial charge in [-0.25, -0.2) is 4.79 Å². The number of carboxylic acids is 1. The summed E-state index contributed by atoms with van der Waals surface area (Å²) in [6, 6.07) is 0. The standard InChI is InChI=1S/C10H9NO2S/c11-8-6-4-2-1-3-5-7(6)14-9(8)10(12)13/h1-3,5H,4,11H2,(H,12,13). The second kappa shape index (κ2) is 3.31. The first-order valence-electron chi connectivity index (χ1n) is 4.18. The number of rotatable bonds is 1. The van der Waals surface area contributed by atoms with Crippen molar-refractivity contribution < 1.29 is 9.90 Å². The van der Waals surface area contributed by atoms with E-state index in [1.165, 1.54) is 11.3 Å². The molecule has 0 saturated heterocycles. The normalized spacial score (nSPS) is 13.7. The van der Waals surface area contributed by atoms with Crippen molar-refractivity contribution in [1.29, 1.82) is 0 Å². The molecule has 0 bridgehead atoms. The van der Waals surface area contributed by atoms with Crippen LogP contribution in [0, 0.1) is 0 Å². The Morgan fingerprint density at radius 2 is 2.29 bits per heavy atom. The minimum Gasteiger partial charge on any atom is -0.477 e. The maximum absolute atomic E-state index is 10.8. The number of nitrogens with two attached hydrogens (primary N) is 1. The van der Waals surface area contributed by atoms with Crippen LogP contribution in [-0.4, -0.2) is 11.1 Å². The zero-order valence-corrected chi connectivity index (χ0v) is 8.17. The molecule has 1 aromatic heterocycles. The lowest BCUT2D eigenvalue weighted by Crippen LogP contribution is -1.99. The fourth-order valence-corrected chi connectivity index (χ4v) is 2.41. The zero-order chi connectivity index (χ0) is 10.1. The molecular formula is C10H9NO2S. The van der Waals surface area contributed by atoms with Crippen molar-refractivity contribution >= 4 is 29.1 Å². The minimum absolute atomic E-state index is 0.245. The van der Waals surface area contributed by atoms with Crippen molar-refractivity contribution in [3.8, 4) is 0 Å². The fourth-order valence-electron chi connectivity index (χ4n) is 1.41. The summed E-state index contributed by atoms with van der Waals surface area (Å²) in [6.07, 6.45) is 8.40. The first-order chi connectivity index (χ1) is 6.70. The first kappa shape index (κ1) is 9.02. The first-order valence-corrected chi connectivity index (χ1v) is 4.99. The summed E-state index contributed by atoms with van der Waals surface area (Å²) < 4.78 is 0. The lowest BCUT2D eigenvalue weighted by Gasteiger charge is -1.96. The average molecular weight is 207 g/mol. The van der Waals surface area contributed by atoms with E-state index in [9.17, 15) is 4.79 Å². The molecular weight excluding hydrogens is 198 g/mol. The van der Waals surface area contributed by atoms with E-state index in [4.69, 9.17) is 10.8 Å². The van der Waals surface area contributed by atoms with Crippen LogP contribution in [0.5, 0.6) is 0 Å². The van der Waals surface area contributed by atoms with Gasteiger partial charge in [0.15, 0.2) is 0 Å². The molecule has 0 radical (unpaired) electrons. The number of hydrogen-bond acceptors (Lipinski definition) is 3. The largest absolute Gasteiger partial charge is 0.477 e. The van der Waals surface area contributed by atoms with Gasteiger partial charge >= 0.3 is 5.97 Å². The smallest absolute Gasteiger partial charge is 0.348 e. The van der Waals surface area contributed by atoms with Crippen LogP contribution in [0.25, 0.3) is 6.08 Å². The average Bonchev–Trinajstić information content (AvgIpc) is 2.37. The number of nitrogen functional groups attached to an aromatic ring is 1. The van der Waals surface area contributed by atoms with Gasteiger partial charge in [-0.05, 0) is 18.1 Å². The molecule has 14 heavy (non-hydrogen) atoms. The molecule has 2 rings (SSSR count). The fraction of sp³-hybridized carbons (Fsp3) is 0.100. The van der Waals surface area contributed by atoms with E-state index in [-0.39, 0.29) is 4.88 Å². The highest BCUT2D eigenvalue weighted by molar-refractivity contribution is 7.15. The molecule has 0 fully saturated rings. The number of aromatic carboxylic acids is 1. The molecule has 0 aromatic carbocycles. The summed E-state index contributed by atoms with van der Waals surface area (Å²) in [6.45, 7) is 0. The molecule has 1 aromatic rings. The Kier molecular flexibility index (Phi) is 2.13. The molecule has 3 nitrogen and oxygen atoms in total. The molecule has 1 aliphatic rings. The lowest BCUT2D eigenvalue weighted by molar-refractivity contribution is 0.0703. The number of hydrogen-bond donors (Lipinski definition) is 2. The third kappa shape index (κ3) is 1.33. The van der Waals surface area contributed by atoms with Crippen LogP contribution in [-0.2, 0) is 6.42 Å². The van der Waals surface area contributed by atoms with E-state index in [1.54, 1.807) is 0 Å². The zero-order valence-electron chi connectivity index (χ0n) is 7.36. The number of fused-ring (bicyclic) bond motifs is 1. The maximum atomic E-state index is 10.8. The summed E-state index contributed by atoms with van der Waals surface area (Å²) in [7, 11) is 0. The Labute approximate surface area is 85.2 Å². The Morgan fingerprint density at radius 3 is 3.00 bits per heavy atom. The van der Waals surface area contributed by atoms with Crippen molar-refractivity contribution in [2.75, 3.05) is 5.73 Å². The van der Waals surface area contributed by atoms with Crippen molar-refractivity contribution in [2.24, 2.45) is 0 Å². The van der Waals surface area contributed by atoms with Gasteiger partial charge in [-0.15, -0.1) is 11.3 Å². The second-order valence-corrected chi connectivity index (χ2v) is 4.04. The Balaban J connectivity index is 2.58. The van der Waals surface area contributed by atoms with Crippen molar-refractivity contribution in [2.45, 2.75) is 6.42 Å². The van der Waals surface area contributed by atoms with Crippen LogP contribution in [0.4, 0.5) is 5.69 Å². The molecule has 1 heterocycles. The predicted molar refractivity (Wildman–Crippen MR) is 57.6 cm³/mol. The highest BCUT2D eigenvalue weighted by Crippen LogP contribution is 2.33. The molecule has 0 aliphatic heterocycles. The summed E-state index contributed by atoms with van der Waals surface area (Å²) in [4.78, 5) is 12.0.